The van der Waals surface area contributed by atoms with Crippen molar-refractivity contribution >= 4 is 11.5 Å². The molecule has 0 N–H and O–H groups in total. The predicted molar refractivity (Wildman–Crippen MR) is 77.9 cm³/mol. The molecule has 0 aliphatic heterocycles. The normalized spacial score (nSPS) is 11.2. The van der Waals surface area contributed by atoms with Gasteiger partial charge in [0.05, 0.1) is 17.2 Å². The Morgan fingerprint density at radius 1 is 1.29 bits per heavy atom. The molecule has 21 heavy (non-hydrogen) atoms. The van der Waals surface area contributed by atoms with Crippen LogP contribution in [0.3, 0.4) is 0 Å². The minimum absolute atomic E-state index is 0.0942. The number of nitro groups is 1. The molecule has 0 bridgehead atoms. The first-order chi connectivity index (χ1) is 10.1. The second kappa shape index (κ2) is 4.97. The van der Waals surface area contributed by atoms with Gasteiger partial charge in [0, 0.05) is 23.8 Å². The number of aromatic nitrogens is 3. The fourth-order valence-corrected chi connectivity index (χ4v) is 2.44. The summed E-state index contributed by atoms with van der Waals surface area (Å²) in [6.07, 6.45) is 5.69. The summed E-state index contributed by atoms with van der Waals surface area (Å²) in [5.74, 6) is 0.848. The highest BCUT2D eigenvalue weighted by Crippen LogP contribution is 2.25. The van der Waals surface area contributed by atoms with Gasteiger partial charge in [0.2, 0.25) is 0 Å². The molecule has 106 valence electrons. The van der Waals surface area contributed by atoms with E-state index in [4.69, 9.17) is 0 Å². The Morgan fingerprint density at radius 3 is 2.62 bits per heavy atom. The number of non-ortho nitro benzene ring substituents is 1. The van der Waals surface area contributed by atoms with Crippen LogP contribution >= 0.6 is 0 Å². The van der Waals surface area contributed by atoms with Crippen molar-refractivity contribution in [2.45, 2.75) is 19.9 Å². The lowest BCUT2D eigenvalue weighted by atomic mass is 10.1. The zero-order chi connectivity index (χ0) is 15.0. The van der Waals surface area contributed by atoms with Crippen LogP contribution in [0.15, 0.2) is 48.9 Å². The minimum atomic E-state index is -0.391. The molecule has 6 heteroatoms. The van der Waals surface area contributed by atoms with E-state index in [2.05, 4.69) is 23.4 Å². The molecule has 1 aromatic carbocycles. The Balaban J connectivity index is 2.19. The topological polar surface area (TPSA) is 65.1 Å². The molecule has 0 aliphatic rings. The smallest absolute Gasteiger partial charge is 0.258 e. The van der Waals surface area contributed by atoms with E-state index in [1.54, 1.807) is 18.3 Å². The van der Waals surface area contributed by atoms with E-state index in [1.165, 1.54) is 12.1 Å². The molecule has 0 amide bonds. The fourth-order valence-electron chi connectivity index (χ4n) is 2.44. The van der Waals surface area contributed by atoms with Crippen LogP contribution in [-0.2, 0) is 0 Å². The van der Waals surface area contributed by atoms with E-state index >= 15 is 0 Å². The van der Waals surface area contributed by atoms with Gasteiger partial charge in [0.1, 0.15) is 18.1 Å². The number of rotatable bonds is 3. The summed E-state index contributed by atoms with van der Waals surface area (Å²) in [4.78, 5) is 14.8. The summed E-state index contributed by atoms with van der Waals surface area (Å²) in [7, 11) is 0. The van der Waals surface area contributed by atoms with E-state index in [0.717, 1.165) is 17.0 Å². The van der Waals surface area contributed by atoms with E-state index in [9.17, 15) is 10.1 Å². The molecule has 3 aromatic rings. The van der Waals surface area contributed by atoms with Crippen LogP contribution in [0.4, 0.5) is 5.69 Å². The molecule has 0 aliphatic carbocycles. The molecule has 0 spiro atoms. The third-order valence-corrected chi connectivity index (χ3v) is 3.38. The Hall–Kier alpha value is -2.76. The lowest BCUT2D eigenvalue weighted by Crippen LogP contribution is -2.20. The van der Waals surface area contributed by atoms with Crippen LogP contribution in [0.5, 0.6) is 0 Å². The lowest BCUT2D eigenvalue weighted by Gasteiger charge is -2.06. The van der Waals surface area contributed by atoms with Gasteiger partial charge in [-0.15, -0.1) is 0 Å². The highest BCUT2D eigenvalue weighted by Gasteiger charge is 2.21. The van der Waals surface area contributed by atoms with Crippen molar-refractivity contribution in [1.29, 1.82) is 0 Å². The summed E-state index contributed by atoms with van der Waals surface area (Å²) in [6.45, 7) is 4.17. The molecule has 0 radical (unpaired) electrons. The molecule has 6 nitrogen and oxygen atoms in total. The number of nitrogens with zero attached hydrogens (tertiary/aromatic N) is 4. The molecule has 0 saturated heterocycles. The van der Waals surface area contributed by atoms with Gasteiger partial charge in [-0.2, -0.15) is 0 Å². The molecular weight excluding hydrogens is 268 g/mol. The van der Waals surface area contributed by atoms with E-state index in [1.807, 2.05) is 22.9 Å². The monoisotopic (exact) mass is 283 g/mol. The van der Waals surface area contributed by atoms with E-state index in [0.29, 0.717) is 0 Å². The molecule has 0 saturated carbocycles. The summed E-state index contributed by atoms with van der Waals surface area (Å²) < 4.78 is 4.07. The van der Waals surface area contributed by atoms with Crippen molar-refractivity contribution in [2.75, 3.05) is 0 Å². The van der Waals surface area contributed by atoms with Gasteiger partial charge < -0.3 is 0 Å². The van der Waals surface area contributed by atoms with Crippen LogP contribution in [0.25, 0.3) is 17.0 Å². The Bertz CT molecular complexity index is 806. The number of benzene rings is 1. The van der Waals surface area contributed by atoms with Crippen LogP contribution in [0, 0.1) is 10.1 Å². The third kappa shape index (κ3) is 2.24. The standard InChI is InChI=1S/C15H15N4O2/c1-11(2)18-14(10-17-9-3-8-16-15(17)18)12-4-6-13(7-5-12)19(20)21/h3-11H,1-2H3/q+1. The zero-order valence-electron chi connectivity index (χ0n) is 11.8. The number of fused-ring (bicyclic) bond motifs is 1. The van der Waals surface area contributed by atoms with Crippen molar-refractivity contribution < 1.29 is 9.32 Å². The van der Waals surface area contributed by atoms with Gasteiger partial charge in [-0.3, -0.25) is 10.1 Å². The second-order valence-electron chi connectivity index (χ2n) is 5.11. The van der Waals surface area contributed by atoms with Gasteiger partial charge in [0.15, 0.2) is 0 Å². The van der Waals surface area contributed by atoms with Crippen molar-refractivity contribution in [3.8, 4) is 11.3 Å². The minimum Gasteiger partial charge on any atom is -0.258 e. The van der Waals surface area contributed by atoms with Gasteiger partial charge in [-0.1, -0.05) is 4.98 Å². The summed E-state index contributed by atoms with van der Waals surface area (Å²) in [5, 5.41) is 10.8. The van der Waals surface area contributed by atoms with E-state index in [-0.39, 0.29) is 11.7 Å². The number of hydrogen-bond donors (Lipinski definition) is 0. The SMILES string of the molecule is CC(C)n1c(-c2ccc([N+](=O)[O-])cc2)c[n+]2cccnc12. The molecule has 0 fully saturated rings. The van der Waals surface area contributed by atoms with Crippen molar-refractivity contribution in [3.05, 3.63) is 59.0 Å². The number of imidazole rings is 1. The van der Waals surface area contributed by atoms with Crippen molar-refractivity contribution in [2.24, 2.45) is 0 Å². The summed E-state index contributed by atoms with van der Waals surface area (Å²) >= 11 is 0. The van der Waals surface area contributed by atoms with Crippen LogP contribution in [-0.4, -0.2) is 14.5 Å². The molecular formula is C15H15N4O2+. The van der Waals surface area contributed by atoms with Crippen molar-refractivity contribution in [1.82, 2.24) is 9.55 Å². The molecule has 0 unspecified atom stereocenters. The average molecular weight is 283 g/mol. The van der Waals surface area contributed by atoms with E-state index < -0.39 is 4.92 Å². The largest absolute Gasteiger partial charge is 0.403 e. The zero-order valence-corrected chi connectivity index (χ0v) is 11.8. The highest BCUT2D eigenvalue weighted by atomic mass is 16.6. The average Bonchev–Trinajstić information content (AvgIpc) is 2.86. The van der Waals surface area contributed by atoms with Crippen LogP contribution < -0.4 is 4.40 Å². The van der Waals surface area contributed by atoms with Gasteiger partial charge in [-0.05, 0) is 26.0 Å². The van der Waals surface area contributed by atoms with Crippen molar-refractivity contribution in [3.63, 3.8) is 0 Å². The summed E-state index contributed by atoms with van der Waals surface area (Å²) in [5.41, 5.74) is 2.01. The predicted octanol–water partition coefficient (Wildman–Crippen LogP) is 2.78. The van der Waals surface area contributed by atoms with Gasteiger partial charge in [-0.25, -0.2) is 8.97 Å². The quantitative estimate of drug-likeness (QED) is 0.422. The summed E-state index contributed by atoms with van der Waals surface area (Å²) in [6, 6.07) is 8.69. The maximum absolute atomic E-state index is 10.8. The van der Waals surface area contributed by atoms with Gasteiger partial charge >= 0.3 is 5.78 Å². The Labute approximate surface area is 121 Å². The highest BCUT2D eigenvalue weighted by molar-refractivity contribution is 5.62. The van der Waals surface area contributed by atoms with Crippen LogP contribution in [0.1, 0.15) is 19.9 Å². The van der Waals surface area contributed by atoms with Crippen LogP contribution in [0.2, 0.25) is 0 Å². The number of nitro benzene ring substituents is 1. The number of hydrogen-bond acceptors (Lipinski definition) is 3. The molecule has 2 heterocycles. The molecule has 3 rings (SSSR count). The fraction of sp³-hybridized carbons (Fsp3) is 0.200. The second-order valence-corrected chi connectivity index (χ2v) is 5.11. The third-order valence-electron chi connectivity index (χ3n) is 3.38. The molecule has 2 aromatic heterocycles. The maximum Gasteiger partial charge on any atom is 0.403 e. The molecule has 0 atom stereocenters. The van der Waals surface area contributed by atoms with Gasteiger partial charge in [0.25, 0.3) is 5.69 Å². The maximum atomic E-state index is 10.8. The first-order valence-corrected chi connectivity index (χ1v) is 6.70. The Morgan fingerprint density at radius 2 is 2.00 bits per heavy atom. The first kappa shape index (κ1) is 13.2. The lowest BCUT2D eigenvalue weighted by molar-refractivity contribution is -0.513. The first-order valence-electron chi connectivity index (χ1n) is 6.70. The Kier molecular flexibility index (Phi) is 3.13.